The van der Waals surface area contributed by atoms with E-state index in [0.29, 0.717) is 23.3 Å². The van der Waals surface area contributed by atoms with E-state index in [0.717, 1.165) is 33.5 Å². The lowest BCUT2D eigenvalue weighted by Gasteiger charge is -2.09. The molecule has 160 valence electrons. The van der Waals surface area contributed by atoms with Crippen molar-refractivity contribution in [2.75, 3.05) is 20.8 Å². The van der Waals surface area contributed by atoms with Crippen molar-refractivity contribution in [3.05, 3.63) is 53.5 Å². The van der Waals surface area contributed by atoms with Gasteiger partial charge in [0.05, 0.1) is 32.2 Å². The lowest BCUT2D eigenvalue weighted by Crippen LogP contribution is -1.99. The lowest BCUT2D eigenvalue weighted by atomic mass is 10.2. The topological polar surface area (TPSA) is 84.2 Å². The van der Waals surface area contributed by atoms with Gasteiger partial charge in [-0.05, 0) is 59.8 Å². The summed E-state index contributed by atoms with van der Waals surface area (Å²) in [4.78, 5) is 4.76. The van der Waals surface area contributed by atoms with Crippen molar-refractivity contribution in [2.45, 2.75) is 17.8 Å². The largest absolute Gasteiger partial charge is 0.497 e. The van der Waals surface area contributed by atoms with Crippen LogP contribution < -0.4 is 14.2 Å². The summed E-state index contributed by atoms with van der Waals surface area (Å²) in [5.41, 5.74) is 2.82. The minimum atomic E-state index is 0.588. The van der Waals surface area contributed by atoms with Gasteiger partial charge in [0, 0.05) is 16.7 Å². The summed E-state index contributed by atoms with van der Waals surface area (Å²) in [6.07, 6.45) is 0. The Kier molecular flexibility index (Phi) is 6.68. The average Bonchev–Trinajstić information content (AvgIpc) is 3.48. The van der Waals surface area contributed by atoms with Crippen LogP contribution in [-0.2, 0) is 5.75 Å². The maximum atomic E-state index is 5.59. The molecule has 0 aliphatic heterocycles. The smallest absolute Gasteiger partial charge is 0.214 e. The third kappa shape index (κ3) is 4.80. The molecule has 0 unspecified atom stereocenters. The summed E-state index contributed by atoms with van der Waals surface area (Å²) >= 11 is 3.12. The Morgan fingerprint density at radius 1 is 1.03 bits per heavy atom. The maximum absolute atomic E-state index is 5.59. The van der Waals surface area contributed by atoms with Crippen LogP contribution in [0.2, 0.25) is 0 Å². The van der Waals surface area contributed by atoms with Crippen LogP contribution in [0.3, 0.4) is 0 Å². The van der Waals surface area contributed by atoms with Gasteiger partial charge in [0.15, 0.2) is 11.5 Å². The molecule has 0 amide bonds. The summed E-state index contributed by atoms with van der Waals surface area (Å²) in [5, 5.41) is 15.7. The molecular weight excluding hydrogens is 434 g/mol. The van der Waals surface area contributed by atoms with Crippen LogP contribution >= 0.6 is 23.1 Å². The molecule has 0 bridgehead atoms. The van der Waals surface area contributed by atoms with Gasteiger partial charge in [0.2, 0.25) is 5.16 Å². The Bertz CT molecular complexity index is 1140. The minimum absolute atomic E-state index is 0.588. The zero-order chi connectivity index (χ0) is 21.6. The van der Waals surface area contributed by atoms with Crippen molar-refractivity contribution < 1.29 is 14.2 Å². The second kappa shape index (κ2) is 9.80. The van der Waals surface area contributed by atoms with Crippen molar-refractivity contribution >= 4 is 23.1 Å². The van der Waals surface area contributed by atoms with Gasteiger partial charge in [-0.25, -0.2) is 4.98 Å². The van der Waals surface area contributed by atoms with E-state index in [1.165, 1.54) is 11.8 Å². The Labute approximate surface area is 188 Å². The number of benzene rings is 2. The van der Waals surface area contributed by atoms with Crippen LogP contribution in [0, 0.1) is 0 Å². The number of hydrogen-bond donors (Lipinski definition) is 0. The van der Waals surface area contributed by atoms with Gasteiger partial charge in [0.1, 0.15) is 10.8 Å². The number of nitrogens with zero attached hydrogens (tertiary/aromatic N) is 5. The molecule has 2 aromatic heterocycles. The van der Waals surface area contributed by atoms with Crippen molar-refractivity contribution in [2.24, 2.45) is 0 Å². The molecular formula is C21H21N5O3S2. The van der Waals surface area contributed by atoms with Gasteiger partial charge in [0.25, 0.3) is 0 Å². The molecule has 10 heteroatoms. The Hall–Kier alpha value is -3.11. The van der Waals surface area contributed by atoms with Crippen molar-refractivity contribution in [1.82, 2.24) is 25.2 Å². The standard InChI is InChI=1S/C21H21N5O3S2/c1-4-29-18-10-5-14(11-19(18)28-3)20-22-15(12-30-20)13-31-21-23-24-25-26(21)16-6-8-17(27-2)9-7-16/h5-12H,4,13H2,1-3H3. The molecule has 0 N–H and O–H groups in total. The summed E-state index contributed by atoms with van der Waals surface area (Å²) < 4.78 is 17.9. The first-order valence-electron chi connectivity index (χ1n) is 9.53. The fraction of sp³-hybridized carbons (Fsp3) is 0.238. The zero-order valence-corrected chi connectivity index (χ0v) is 18.9. The summed E-state index contributed by atoms with van der Waals surface area (Å²) in [7, 11) is 3.28. The van der Waals surface area contributed by atoms with E-state index >= 15 is 0 Å². The Morgan fingerprint density at radius 3 is 2.61 bits per heavy atom. The second-order valence-electron chi connectivity index (χ2n) is 6.30. The van der Waals surface area contributed by atoms with Crippen LogP contribution in [0.25, 0.3) is 16.3 Å². The maximum Gasteiger partial charge on any atom is 0.214 e. The predicted molar refractivity (Wildman–Crippen MR) is 121 cm³/mol. The van der Waals surface area contributed by atoms with Crippen LogP contribution in [0.1, 0.15) is 12.6 Å². The molecule has 31 heavy (non-hydrogen) atoms. The third-order valence-electron chi connectivity index (χ3n) is 4.37. The number of thioether (sulfide) groups is 1. The molecule has 0 aliphatic rings. The van der Waals surface area contributed by atoms with Gasteiger partial charge in [-0.15, -0.1) is 16.4 Å². The van der Waals surface area contributed by atoms with Gasteiger partial charge in [-0.2, -0.15) is 4.68 Å². The predicted octanol–water partition coefficient (Wildman–Crippen LogP) is 4.49. The van der Waals surface area contributed by atoms with E-state index in [2.05, 4.69) is 15.5 Å². The number of rotatable bonds is 9. The molecule has 2 heterocycles. The number of thiazole rings is 1. The number of hydrogen-bond acceptors (Lipinski definition) is 9. The molecule has 0 aliphatic carbocycles. The monoisotopic (exact) mass is 455 g/mol. The quantitative estimate of drug-likeness (QED) is 0.341. The Morgan fingerprint density at radius 2 is 1.87 bits per heavy atom. The highest BCUT2D eigenvalue weighted by molar-refractivity contribution is 7.98. The summed E-state index contributed by atoms with van der Waals surface area (Å²) in [5.74, 6) is 2.86. The first-order chi connectivity index (χ1) is 15.2. The first-order valence-corrected chi connectivity index (χ1v) is 11.4. The van der Waals surface area contributed by atoms with Crippen molar-refractivity contribution in [1.29, 1.82) is 0 Å². The number of aromatic nitrogens is 5. The van der Waals surface area contributed by atoms with E-state index in [4.69, 9.17) is 19.2 Å². The molecule has 4 aromatic rings. The molecule has 0 fully saturated rings. The van der Waals surface area contributed by atoms with E-state index in [9.17, 15) is 0 Å². The highest BCUT2D eigenvalue weighted by atomic mass is 32.2. The van der Waals surface area contributed by atoms with Crippen LogP contribution in [-0.4, -0.2) is 46.0 Å². The van der Waals surface area contributed by atoms with Gasteiger partial charge < -0.3 is 14.2 Å². The van der Waals surface area contributed by atoms with Gasteiger partial charge >= 0.3 is 0 Å². The first kappa shape index (κ1) is 21.1. The number of ether oxygens (including phenoxy) is 3. The fourth-order valence-electron chi connectivity index (χ4n) is 2.87. The minimum Gasteiger partial charge on any atom is -0.497 e. The van der Waals surface area contributed by atoms with Gasteiger partial charge in [-0.3, -0.25) is 0 Å². The summed E-state index contributed by atoms with van der Waals surface area (Å²) in [6, 6.07) is 13.4. The van der Waals surface area contributed by atoms with Gasteiger partial charge in [-0.1, -0.05) is 11.8 Å². The van der Waals surface area contributed by atoms with E-state index in [1.54, 1.807) is 30.2 Å². The van der Waals surface area contributed by atoms with Crippen LogP contribution in [0.5, 0.6) is 17.2 Å². The summed E-state index contributed by atoms with van der Waals surface area (Å²) in [6.45, 7) is 2.54. The molecule has 4 rings (SSSR count). The van der Waals surface area contributed by atoms with Crippen molar-refractivity contribution in [3.8, 4) is 33.5 Å². The molecule has 0 saturated heterocycles. The Balaban J connectivity index is 1.46. The average molecular weight is 456 g/mol. The third-order valence-corrected chi connectivity index (χ3v) is 6.26. The molecule has 2 aromatic carbocycles. The highest BCUT2D eigenvalue weighted by Crippen LogP contribution is 2.34. The fourth-order valence-corrected chi connectivity index (χ4v) is 4.58. The van der Waals surface area contributed by atoms with Crippen LogP contribution in [0.4, 0.5) is 0 Å². The number of tetrazole rings is 1. The molecule has 8 nitrogen and oxygen atoms in total. The molecule has 0 atom stereocenters. The van der Waals surface area contributed by atoms with Crippen LogP contribution in [0.15, 0.2) is 53.0 Å². The van der Waals surface area contributed by atoms with E-state index in [-0.39, 0.29) is 0 Å². The number of methoxy groups -OCH3 is 2. The van der Waals surface area contributed by atoms with E-state index < -0.39 is 0 Å². The molecule has 0 spiro atoms. The molecule has 0 radical (unpaired) electrons. The normalized spacial score (nSPS) is 10.8. The second-order valence-corrected chi connectivity index (χ2v) is 8.10. The van der Waals surface area contributed by atoms with Crippen molar-refractivity contribution in [3.63, 3.8) is 0 Å². The SMILES string of the molecule is CCOc1ccc(-c2nc(CSc3nnnn3-c3ccc(OC)cc3)cs2)cc1OC. The molecule has 0 saturated carbocycles. The zero-order valence-electron chi connectivity index (χ0n) is 17.3. The highest BCUT2D eigenvalue weighted by Gasteiger charge is 2.13. The lowest BCUT2D eigenvalue weighted by molar-refractivity contribution is 0.311. The van der Waals surface area contributed by atoms with E-state index in [1.807, 2.05) is 54.8 Å².